The lowest BCUT2D eigenvalue weighted by atomic mass is 9.87. The van der Waals surface area contributed by atoms with Gasteiger partial charge in [-0.05, 0) is 33.6 Å². The zero-order chi connectivity index (χ0) is 12.3. The predicted octanol–water partition coefficient (Wildman–Crippen LogP) is 3.62. The molecule has 3 heteroatoms. The van der Waals surface area contributed by atoms with Crippen molar-refractivity contribution in [3.05, 3.63) is 28.2 Å². The SMILES string of the molecule is COc1ccc(CC(=O)C(C)(C)C)cc1Br. The van der Waals surface area contributed by atoms with Crippen molar-refractivity contribution in [2.45, 2.75) is 27.2 Å². The van der Waals surface area contributed by atoms with E-state index in [1.165, 1.54) is 0 Å². The van der Waals surface area contributed by atoms with Crippen LogP contribution in [0.1, 0.15) is 26.3 Å². The molecule has 0 atom stereocenters. The first-order chi connectivity index (χ1) is 7.34. The summed E-state index contributed by atoms with van der Waals surface area (Å²) in [6.45, 7) is 5.82. The Morgan fingerprint density at radius 1 is 1.38 bits per heavy atom. The van der Waals surface area contributed by atoms with Gasteiger partial charge in [0.05, 0.1) is 11.6 Å². The second kappa shape index (κ2) is 5.00. The smallest absolute Gasteiger partial charge is 0.142 e. The third kappa shape index (κ3) is 3.34. The maximum atomic E-state index is 11.9. The van der Waals surface area contributed by atoms with Crippen LogP contribution in [0.15, 0.2) is 22.7 Å². The van der Waals surface area contributed by atoms with Crippen molar-refractivity contribution < 1.29 is 9.53 Å². The van der Waals surface area contributed by atoms with Gasteiger partial charge in [0.25, 0.3) is 0 Å². The third-order valence-corrected chi connectivity index (χ3v) is 3.04. The average molecular weight is 285 g/mol. The number of carbonyl (C=O) groups excluding carboxylic acids is 1. The molecule has 0 fully saturated rings. The fourth-order valence-electron chi connectivity index (χ4n) is 1.27. The highest BCUT2D eigenvalue weighted by atomic mass is 79.9. The molecule has 0 saturated heterocycles. The molecule has 1 aromatic carbocycles. The monoisotopic (exact) mass is 284 g/mol. The molecule has 0 heterocycles. The fourth-order valence-corrected chi connectivity index (χ4v) is 1.86. The van der Waals surface area contributed by atoms with Gasteiger partial charge in [-0.2, -0.15) is 0 Å². The number of halogens is 1. The van der Waals surface area contributed by atoms with Gasteiger partial charge in [0.1, 0.15) is 11.5 Å². The number of rotatable bonds is 3. The molecule has 0 bridgehead atoms. The molecule has 0 amide bonds. The molecule has 2 nitrogen and oxygen atoms in total. The molecule has 0 saturated carbocycles. The summed E-state index contributed by atoms with van der Waals surface area (Å²) in [6, 6.07) is 5.73. The molecule has 0 aromatic heterocycles. The van der Waals surface area contributed by atoms with E-state index >= 15 is 0 Å². The molecular weight excluding hydrogens is 268 g/mol. The summed E-state index contributed by atoms with van der Waals surface area (Å²) >= 11 is 3.41. The van der Waals surface area contributed by atoms with E-state index in [2.05, 4.69) is 15.9 Å². The minimum atomic E-state index is -0.285. The minimum absolute atomic E-state index is 0.240. The van der Waals surface area contributed by atoms with E-state index in [0.29, 0.717) is 6.42 Å². The molecular formula is C13H17BrO2. The van der Waals surface area contributed by atoms with E-state index in [9.17, 15) is 4.79 Å². The zero-order valence-corrected chi connectivity index (χ0v) is 11.7. The summed E-state index contributed by atoms with van der Waals surface area (Å²) in [5.74, 6) is 1.02. The van der Waals surface area contributed by atoms with Crippen LogP contribution in [-0.2, 0) is 11.2 Å². The molecule has 0 N–H and O–H groups in total. The van der Waals surface area contributed by atoms with Crippen molar-refractivity contribution in [3.63, 3.8) is 0 Å². The number of hydrogen-bond acceptors (Lipinski definition) is 2. The van der Waals surface area contributed by atoms with Crippen molar-refractivity contribution in [2.75, 3.05) is 7.11 Å². The van der Waals surface area contributed by atoms with Crippen LogP contribution in [0.3, 0.4) is 0 Å². The number of carbonyl (C=O) groups is 1. The number of ketones is 1. The Bertz CT molecular complexity index is 391. The Morgan fingerprint density at radius 3 is 2.44 bits per heavy atom. The predicted molar refractivity (Wildman–Crippen MR) is 68.9 cm³/mol. The molecule has 0 unspecified atom stereocenters. The van der Waals surface area contributed by atoms with E-state index in [0.717, 1.165) is 15.8 Å². The standard InChI is InChI=1S/C13H17BrO2/c1-13(2,3)12(15)8-9-5-6-11(16-4)10(14)7-9/h5-7H,8H2,1-4H3. The first-order valence-electron chi connectivity index (χ1n) is 5.20. The molecule has 1 aromatic rings. The molecule has 88 valence electrons. The third-order valence-electron chi connectivity index (χ3n) is 2.42. The van der Waals surface area contributed by atoms with Crippen LogP contribution in [0.25, 0.3) is 0 Å². The average Bonchev–Trinajstić information content (AvgIpc) is 2.16. The van der Waals surface area contributed by atoms with Crippen LogP contribution in [0.2, 0.25) is 0 Å². The van der Waals surface area contributed by atoms with Crippen molar-refractivity contribution in [1.82, 2.24) is 0 Å². The van der Waals surface area contributed by atoms with E-state index in [-0.39, 0.29) is 11.2 Å². The molecule has 0 radical (unpaired) electrons. The topological polar surface area (TPSA) is 26.3 Å². The van der Waals surface area contributed by atoms with Crippen LogP contribution in [-0.4, -0.2) is 12.9 Å². The van der Waals surface area contributed by atoms with Crippen molar-refractivity contribution in [1.29, 1.82) is 0 Å². The fraction of sp³-hybridized carbons (Fsp3) is 0.462. The first kappa shape index (κ1) is 13.2. The first-order valence-corrected chi connectivity index (χ1v) is 5.99. The quantitative estimate of drug-likeness (QED) is 0.848. The number of Topliss-reactive ketones (excluding diaryl/α,β-unsaturated/α-hetero) is 1. The van der Waals surface area contributed by atoms with E-state index in [4.69, 9.17) is 4.74 Å². The van der Waals surface area contributed by atoms with Gasteiger partial charge in [-0.15, -0.1) is 0 Å². The second-order valence-corrected chi connectivity index (χ2v) is 5.67. The summed E-state index contributed by atoms with van der Waals surface area (Å²) in [5.41, 5.74) is 0.722. The molecule has 0 aliphatic rings. The van der Waals surface area contributed by atoms with Crippen LogP contribution in [0, 0.1) is 5.41 Å². The highest BCUT2D eigenvalue weighted by Crippen LogP contribution is 2.27. The van der Waals surface area contributed by atoms with Crippen molar-refractivity contribution >= 4 is 21.7 Å². The van der Waals surface area contributed by atoms with Gasteiger partial charge in [0, 0.05) is 11.8 Å². The molecule has 16 heavy (non-hydrogen) atoms. The van der Waals surface area contributed by atoms with Gasteiger partial charge in [-0.3, -0.25) is 4.79 Å². The lowest BCUT2D eigenvalue weighted by molar-refractivity contribution is -0.125. The van der Waals surface area contributed by atoms with Crippen molar-refractivity contribution in [3.8, 4) is 5.75 Å². The van der Waals surface area contributed by atoms with Gasteiger partial charge in [0.2, 0.25) is 0 Å². The van der Waals surface area contributed by atoms with Crippen LogP contribution >= 0.6 is 15.9 Å². The van der Waals surface area contributed by atoms with Crippen LogP contribution in [0.5, 0.6) is 5.75 Å². The van der Waals surface area contributed by atoms with Gasteiger partial charge < -0.3 is 4.74 Å². The number of methoxy groups -OCH3 is 1. The molecule has 1 rings (SSSR count). The van der Waals surface area contributed by atoms with E-state index in [1.807, 2.05) is 39.0 Å². The summed E-state index contributed by atoms with van der Waals surface area (Å²) in [5, 5.41) is 0. The van der Waals surface area contributed by atoms with Crippen LogP contribution in [0.4, 0.5) is 0 Å². The lowest BCUT2D eigenvalue weighted by Gasteiger charge is -2.16. The zero-order valence-electron chi connectivity index (χ0n) is 10.1. The van der Waals surface area contributed by atoms with Gasteiger partial charge in [0.15, 0.2) is 0 Å². The Hall–Kier alpha value is -0.830. The minimum Gasteiger partial charge on any atom is -0.496 e. The van der Waals surface area contributed by atoms with E-state index < -0.39 is 0 Å². The highest BCUT2D eigenvalue weighted by Gasteiger charge is 2.21. The van der Waals surface area contributed by atoms with Crippen molar-refractivity contribution in [2.24, 2.45) is 5.41 Å². The van der Waals surface area contributed by atoms with Gasteiger partial charge >= 0.3 is 0 Å². The molecule has 0 aliphatic heterocycles. The van der Waals surface area contributed by atoms with Gasteiger partial charge in [-0.25, -0.2) is 0 Å². The Labute approximate surface area is 105 Å². The van der Waals surface area contributed by atoms with Gasteiger partial charge in [-0.1, -0.05) is 26.8 Å². The maximum absolute atomic E-state index is 11.9. The molecule has 0 aliphatic carbocycles. The summed E-state index contributed by atoms with van der Waals surface area (Å²) in [6.07, 6.45) is 0.464. The Kier molecular flexibility index (Phi) is 4.14. The summed E-state index contributed by atoms with van der Waals surface area (Å²) in [7, 11) is 1.63. The largest absolute Gasteiger partial charge is 0.496 e. The molecule has 0 spiro atoms. The highest BCUT2D eigenvalue weighted by molar-refractivity contribution is 9.10. The summed E-state index contributed by atoms with van der Waals surface area (Å²) in [4.78, 5) is 11.9. The maximum Gasteiger partial charge on any atom is 0.142 e. The summed E-state index contributed by atoms with van der Waals surface area (Å²) < 4.78 is 6.02. The Balaban J connectivity index is 2.84. The lowest BCUT2D eigenvalue weighted by Crippen LogP contribution is -2.22. The second-order valence-electron chi connectivity index (χ2n) is 4.82. The van der Waals surface area contributed by atoms with E-state index in [1.54, 1.807) is 7.11 Å². The number of ether oxygens (including phenoxy) is 1. The Morgan fingerprint density at radius 2 is 2.00 bits per heavy atom. The van der Waals surface area contributed by atoms with Crippen LogP contribution < -0.4 is 4.74 Å². The normalized spacial score (nSPS) is 11.3. The number of hydrogen-bond donors (Lipinski definition) is 0. The number of benzene rings is 1.